The average molecular weight is 267 g/mol. The Morgan fingerprint density at radius 1 is 1.32 bits per heavy atom. The highest BCUT2D eigenvalue weighted by atomic mass is 16.5. The summed E-state index contributed by atoms with van der Waals surface area (Å²) in [5, 5.41) is 13.9. The number of carbonyl (C=O) groups is 1. The lowest BCUT2D eigenvalue weighted by molar-refractivity contribution is 0.0948. The Morgan fingerprint density at radius 2 is 1.84 bits per heavy atom. The number of nitrogens with one attached hydrogen (secondary N) is 1. The molecule has 1 unspecified atom stereocenters. The van der Waals surface area contributed by atoms with E-state index in [1.54, 1.807) is 25.1 Å². The zero-order chi connectivity index (χ0) is 14.4. The highest BCUT2D eigenvalue weighted by Gasteiger charge is 2.14. The fourth-order valence-corrected chi connectivity index (χ4v) is 1.38. The molecule has 0 aliphatic heterocycles. The van der Waals surface area contributed by atoms with E-state index in [9.17, 15) is 4.79 Å². The summed E-state index contributed by atoms with van der Waals surface area (Å²) in [4.78, 5) is 12.0. The third-order valence-electron chi connectivity index (χ3n) is 2.52. The largest absolute Gasteiger partial charge is 0.497 e. The normalized spacial score (nSPS) is 12.7. The van der Waals surface area contributed by atoms with Crippen molar-refractivity contribution in [3.05, 3.63) is 23.8 Å². The number of ether oxygens (including phenoxy) is 2. The molecule has 0 heterocycles. The summed E-state index contributed by atoms with van der Waals surface area (Å²) in [7, 11) is 2.99. The van der Waals surface area contributed by atoms with Crippen molar-refractivity contribution in [1.82, 2.24) is 5.32 Å². The van der Waals surface area contributed by atoms with E-state index in [1.807, 2.05) is 0 Å². The van der Waals surface area contributed by atoms with Crippen molar-refractivity contribution in [2.75, 3.05) is 14.2 Å². The summed E-state index contributed by atoms with van der Waals surface area (Å²) < 4.78 is 10.1. The van der Waals surface area contributed by atoms with Crippen molar-refractivity contribution >= 4 is 11.7 Å². The minimum Gasteiger partial charge on any atom is -0.497 e. The molecule has 7 nitrogen and oxygen atoms in total. The second-order valence-corrected chi connectivity index (χ2v) is 3.82. The maximum atomic E-state index is 12.0. The van der Waals surface area contributed by atoms with Crippen molar-refractivity contribution in [3.63, 3.8) is 0 Å². The van der Waals surface area contributed by atoms with E-state index in [1.165, 1.54) is 14.2 Å². The topological polar surface area (TPSA) is 106 Å². The Labute approximate surface area is 111 Å². The lowest BCUT2D eigenvalue weighted by atomic mass is 10.1. The summed E-state index contributed by atoms with van der Waals surface area (Å²) in [6.45, 7) is 1.60. The minimum atomic E-state index is -0.588. The number of oxime groups is 1. The Kier molecular flexibility index (Phi) is 4.99. The zero-order valence-corrected chi connectivity index (χ0v) is 11.0. The standard InChI is InChI=1S/C12H17N3O4/c1-7(11(13)15-17)14-12(16)8-4-9(18-2)6-10(5-8)19-3/h4-7,17H,1-3H3,(H2,13,15)(H,14,16). The first kappa shape index (κ1) is 14.6. The van der Waals surface area contributed by atoms with E-state index in [2.05, 4.69) is 10.5 Å². The quantitative estimate of drug-likeness (QED) is 0.313. The first-order chi connectivity index (χ1) is 9.01. The highest BCUT2D eigenvalue weighted by Crippen LogP contribution is 2.22. The van der Waals surface area contributed by atoms with E-state index < -0.39 is 6.04 Å². The number of rotatable bonds is 5. The highest BCUT2D eigenvalue weighted by molar-refractivity contribution is 5.98. The van der Waals surface area contributed by atoms with Crippen molar-refractivity contribution in [2.45, 2.75) is 13.0 Å². The lowest BCUT2D eigenvalue weighted by Crippen LogP contribution is -2.42. The molecule has 1 amide bonds. The lowest BCUT2D eigenvalue weighted by Gasteiger charge is -2.13. The van der Waals surface area contributed by atoms with Crippen LogP contribution in [-0.4, -0.2) is 37.2 Å². The van der Waals surface area contributed by atoms with Crippen LogP contribution in [0.2, 0.25) is 0 Å². The van der Waals surface area contributed by atoms with Gasteiger partial charge in [0, 0.05) is 11.6 Å². The van der Waals surface area contributed by atoms with Crippen molar-refractivity contribution in [2.24, 2.45) is 10.9 Å². The molecule has 0 aliphatic rings. The Morgan fingerprint density at radius 3 is 2.26 bits per heavy atom. The third-order valence-corrected chi connectivity index (χ3v) is 2.52. The second kappa shape index (κ2) is 6.48. The van der Waals surface area contributed by atoms with Crippen LogP contribution in [-0.2, 0) is 0 Å². The molecular formula is C12H17N3O4. The summed E-state index contributed by atoms with van der Waals surface area (Å²) in [5.41, 5.74) is 5.75. The number of hydrogen-bond donors (Lipinski definition) is 3. The predicted molar refractivity (Wildman–Crippen MR) is 69.9 cm³/mol. The van der Waals surface area contributed by atoms with Crippen LogP contribution < -0.4 is 20.5 Å². The third kappa shape index (κ3) is 3.77. The van der Waals surface area contributed by atoms with E-state index in [4.69, 9.17) is 20.4 Å². The molecule has 0 saturated carbocycles. The van der Waals surface area contributed by atoms with Gasteiger partial charge in [-0.15, -0.1) is 0 Å². The van der Waals surface area contributed by atoms with Gasteiger partial charge in [-0.1, -0.05) is 5.16 Å². The van der Waals surface area contributed by atoms with Gasteiger partial charge in [-0.2, -0.15) is 0 Å². The van der Waals surface area contributed by atoms with Gasteiger partial charge in [-0.05, 0) is 19.1 Å². The first-order valence-electron chi connectivity index (χ1n) is 5.53. The number of carbonyl (C=O) groups excluding carboxylic acids is 1. The molecule has 4 N–H and O–H groups in total. The molecule has 0 aromatic heterocycles. The minimum absolute atomic E-state index is 0.0804. The molecule has 1 rings (SSSR count). The Hall–Kier alpha value is -2.44. The zero-order valence-electron chi connectivity index (χ0n) is 11.0. The van der Waals surface area contributed by atoms with Crippen LogP contribution in [0.25, 0.3) is 0 Å². The van der Waals surface area contributed by atoms with Crippen LogP contribution >= 0.6 is 0 Å². The molecule has 0 bridgehead atoms. The molecule has 1 atom stereocenters. The van der Waals surface area contributed by atoms with Gasteiger partial charge >= 0.3 is 0 Å². The molecule has 104 valence electrons. The van der Waals surface area contributed by atoms with Crippen LogP contribution in [0, 0.1) is 0 Å². The molecule has 0 saturated heterocycles. The van der Waals surface area contributed by atoms with Gasteiger partial charge in [0.1, 0.15) is 11.5 Å². The summed E-state index contributed by atoms with van der Waals surface area (Å²) in [6, 6.07) is 4.20. The molecule has 0 fully saturated rings. The summed E-state index contributed by atoms with van der Waals surface area (Å²) in [6.07, 6.45) is 0. The smallest absolute Gasteiger partial charge is 0.252 e. The van der Waals surface area contributed by atoms with Gasteiger partial charge in [0.15, 0.2) is 5.84 Å². The monoisotopic (exact) mass is 267 g/mol. The van der Waals surface area contributed by atoms with Crippen LogP contribution in [0.15, 0.2) is 23.4 Å². The molecule has 1 aromatic rings. The van der Waals surface area contributed by atoms with E-state index in [0.29, 0.717) is 17.1 Å². The molecule has 0 radical (unpaired) electrons. The maximum absolute atomic E-state index is 12.0. The van der Waals surface area contributed by atoms with E-state index in [-0.39, 0.29) is 11.7 Å². The number of benzene rings is 1. The fourth-order valence-electron chi connectivity index (χ4n) is 1.38. The van der Waals surface area contributed by atoms with Gasteiger partial charge in [0.25, 0.3) is 5.91 Å². The maximum Gasteiger partial charge on any atom is 0.252 e. The van der Waals surface area contributed by atoms with E-state index >= 15 is 0 Å². The Bertz CT molecular complexity index is 466. The SMILES string of the molecule is COc1cc(OC)cc(C(=O)NC(C)/C(N)=N/O)c1. The van der Waals surface area contributed by atoms with Gasteiger partial charge in [-0.3, -0.25) is 4.79 Å². The molecule has 7 heteroatoms. The van der Waals surface area contributed by atoms with Gasteiger partial charge < -0.3 is 25.7 Å². The van der Waals surface area contributed by atoms with Crippen molar-refractivity contribution in [1.29, 1.82) is 0 Å². The van der Waals surface area contributed by atoms with Gasteiger partial charge in [0.05, 0.1) is 20.3 Å². The molecule has 0 aliphatic carbocycles. The summed E-state index contributed by atoms with van der Waals surface area (Å²) >= 11 is 0. The van der Waals surface area contributed by atoms with Gasteiger partial charge in [0.2, 0.25) is 0 Å². The Balaban J connectivity index is 2.93. The second-order valence-electron chi connectivity index (χ2n) is 3.82. The van der Waals surface area contributed by atoms with Crippen LogP contribution in [0.4, 0.5) is 0 Å². The number of amides is 1. The number of nitrogens with two attached hydrogens (primary N) is 1. The molecular weight excluding hydrogens is 250 g/mol. The van der Waals surface area contributed by atoms with Crippen molar-refractivity contribution in [3.8, 4) is 11.5 Å². The van der Waals surface area contributed by atoms with Crippen LogP contribution in [0.3, 0.4) is 0 Å². The molecule has 1 aromatic carbocycles. The number of hydrogen-bond acceptors (Lipinski definition) is 5. The average Bonchev–Trinajstić information content (AvgIpc) is 2.45. The van der Waals surface area contributed by atoms with Crippen molar-refractivity contribution < 1.29 is 19.5 Å². The number of nitrogens with zero attached hydrogens (tertiary/aromatic N) is 1. The number of amidine groups is 1. The number of methoxy groups -OCH3 is 2. The fraction of sp³-hybridized carbons (Fsp3) is 0.333. The van der Waals surface area contributed by atoms with Crippen LogP contribution in [0.1, 0.15) is 17.3 Å². The molecule has 19 heavy (non-hydrogen) atoms. The predicted octanol–water partition coefficient (Wildman–Crippen LogP) is 0.569. The molecule has 0 spiro atoms. The van der Waals surface area contributed by atoms with Gasteiger partial charge in [-0.25, -0.2) is 0 Å². The first-order valence-corrected chi connectivity index (χ1v) is 5.53. The summed E-state index contributed by atoms with van der Waals surface area (Å²) in [5.74, 6) is 0.543. The van der Waals surface area contributed by atoms with E-state index in [0.717, 1.165) is 0 Å². The van der Waals surface area contributed by atoms with Crippen LogP contribution in [0.5, 0.6) is 11.5 Å².